The molecule has 0 spiro atoms. The van der Waals surface area contributed by atoms with Crippen LogP contribution in [0.5, 0.6) is 0 Å². The molecule has 5 nitrogen and oxygen atoms in total. The Balaban J connectivity index is 3.82. The van der Waals surface area contributed by atoms with E-state index in [0.29, 0.717) is 5.92 Å². The first kappa shape index (κ1) is 9.90. The summed E-state index contributed by atoms with van der Waals surface area (Å²) in [7, 11) is 0. The normalized spacial score (nSPS) is 11.5. The maximum Gasteiger partial charge on any atom is 0.349 e. The summed E-state index contributed by atoms with van der Waals surface area (Å²) in [6, 6.07) is -0.509. The molecule has 64 valence electrons. The van der Waals surface area contributed by atoms with Crippen molar-refractivity contribution in [2.75, 3.05) is 0 Å². The van der Waals surface area contributed by atoms with Gasteiger partial charge in [-0.05, 0) is 12.8 Å². The number of nitrogens with one attached hydrogen (secondary N) is 2. The molecular formula is C6H14N4O. The summed E-state index contributed by atoms with van der Waals surface area (Å²) < 4.78 is 0. The molecule has 0 aromatic heterocycles. The molecule has 0 saturated heterocycles. The fourth-order valence-electron chi connectivity index (χ4n) is 0.300. The van der Waals surface area contributed by atoms with Gasteiger partial charge < -0.3 is 0 Å². The van der Waals surface area contributed by atoms with Gasteiger partial charge in [0.2, 0.25) is 0 Å². The standard InChI is InChI=1S/C6H14N4O/c1-4(2)5(3)9-10-6(11)8-7/h4H,7H2,1-3H3,(H2,8,10,11). The van der Waals surface area contributed by atoms with Crippen LogP contribution in [0.1, 0.15) is 20.8 Å². The largest absolute Gasteiger partial charge is 0.349 e. The first-order chi connectivity index (χ1) is 5.07. The molecule has 0 saturated carbocycles. The van der Waals surface area contributed by atoms with Gasteiger partial charge in [-0.3, -0.25) is 5.43 Å². The predicted molar refractivity (Wildman–Crippen MR) is 43.8 cm³/mol. The average Bonchev–Trinajstić information content (AvgIpc) is 1.99. The van der Waals surface area contributed by atoms with E-state index in [4.69, 9.17) is 5.84 Å². The third kappa shape index (κ3) is 4.32. The van der Waals surface area contributed by atoms with Gasteiger partial charge in [0.15, 0.2) is 0 Å². The van der Waals surface area contributed by atoms with Crippen molar-refractivity contribution in [1.82, 2.24) is 10.9 Å². The van der Waals surface area contributed by atoms with Gasteiger partial charge in [-0.25, -0.2) is 16.1 Å². The number of hydrogen-bond donors (Lipinski definition) is 3. The zero-order valence-corrected chi connectivity index (χ0v) is 7.01. The highest BCUT2D eigenvalue weighted by Gasteiger charge is 1.98. The minimum Gasteiger partial charge on any atom is -0.274 e. The number of urea groups is 1. The molecule has 0 aromatic carbocycles. The maximum absolute atomic E-state index is 10.5. The minimum atomic E-state index is -0.509. The lowest BCUT2D eigenvalue weighted by molar-refractivity contribution is 0.241. The Hall–Kier alpha value is -1.10. The second-order valence-corrected chi connectivity index (χ2v) is 2.49. The lowest BCUT2D eigenvalue weighted by Gasteiger charge is -2.03. The van der Waals surface area contributed by atoms with Crippen LogP contribution in [0.4, 0.5) is 4.79 Å². The monoisotopic (exact) mass is 158 g/mol. The van der Waals surface area contributed by atoms with E-state index in [0.717, 1.165) is 5.71 Å². The van der Waals surface area contributed by atoms with Crippen LogP contribution >= 0.6 is 0 Å². The fraction of sp³-hybridized carbons (Fsp3) is 0.667. The van der Waals surface area contributed by atoms with E-state index < -0.39 is 6.03 Å². The number of hydrazone groups is 1. The van der Waals surface area contributed by atoms with Gasteiger partial charge >= 0.3 is 6.03 Å². The summed E-state index contributed by atoms with van der Waals surface area (Å²) in [5, 5.41) is 3.77. The first-order valence-corrected chi connectivity index (χ1v) is 3.38. The van der Waals surface area contributed by atoms with Crippen molar-refractivity contribution >= 4 is 11.7 Å². The van der Waals surface area contributed by atoms with Crippen LogP contribution in [0.25, 0.3) is 0 Å². The number of nitrogens with two attached hydrogens (primary N) is 1. The van der Waals surface area contributed by atoms with Gasteiger partial charge in [-0.15, -0.1) is 0 Å². The van der Waals surface area contributed by atoms with Crippen LogP contribution in [-0.4, -0.2) is 11.7 Å². The zero-order valence-electron chi connectivity index (χ0n) is 7.01. The maximum atomic E-state index is 10.5. The molecule has 0 rings (SSSR count). The zero-order chi connectivity index (χ0) is 8.85. The highest BCUT2D eigenvalue weighted by Crippen LogP contribution is 1.93. The summed E-state index contributed by atoms with van der Waals surface area (Å²) in [6.45, 7) is 5.81. The number of carbonyl (C=O) groups is 1. The van der Waals surface area contributed by atoms with Crippen LogP contribution in [0.15, 0.2) is 5.10 Å². The lowest BCUT2D eigenvalue weighted by Crippen LogP contribution is -2.37. The quantitative estimate of drug-likeness (QED) is 0.232. The number of rotatable bonds is 2. The molecule has 2 amide bonds. The first-order valence-electron chi connectivity index (χ1n) is 3.38. The Morgan fingerprint density at radius 3 is 2.45 bits per heavy atom. The molecule has 0 atom stereocenters. The van der Waals surface area contributed by atoms with Crippen molar-refractivity contribution in [2.24, 2.45) is 16.9 Å². The average molecular weight is 158 g/mol. The second kappa shape index (κ2) is 4.68. The van der Waals surface area contributed by atoms with E-state index in [9.17, 15) is 4.79 Å². The molecular weight excluding hydrogens is 144 g/mol. The van der Waals surface area contributed by atoms with Crippen LogP contribution in [0, 0.1) is 5.92 Å². The van der Waals surface area contributed by atoms with Crippen molar-refractivity contribution in [3.63, 3.8) is 0 Å². The summed E-state index contributed by atoms with van der Waals surface area (Å²) in [5.74, 6) is 5.13. The Labute approximate surface area is 66.0 Å². The highest BCUT2D eigenvalue weighted by molar-refractivity contribution is 5.85. The van der Waals surface area contributed by atoms with Gasteiger partial charge in [0.05, 0.1) is 0 Å². The molecule has 0 aliphatic heterocycles. The molecule has 0 unspecified atom stereocenters. The number of amides is 2. The van der Waals surface area contributed by atoms with Gasteiger partial charge in [0.1, 0.15) is 0 Å². The Morgan fingerprint density at radius 2 is 2.09 bits per heavy atom. The molecule has 0 aliphatic rings. The van der Waals surface area contributed by atoms with E-state index in [-0.39, 0.29) is 0 Å². The lowest BCUT2D eigenvalue weighted by atomic mass is 10.1. The SMILES string of the molecule is CC(=NNC(=O)NN)C(C)C. The highest BCUT2D eigenvalue weighted by atomic mass is 16.2. The number of nitrogens with zero attached hydrogens (tertiary/aromatic N) is 1. The summed E-state index contributed by atoms with van der Waals surface area (Å²) in [4.78, 5) is 10.5. The van der Waals surface area contributed by atoms with Gasteiger partial charge in [-0.2, -0.15) is 5.10 Å². The molecule has 0 radical (unpaired) electrons. The van der Waals surface area contributed by atoms with E-state index >= 15 is 0 Å². The summed E-state index contributed by atoms with van der Waals surface area (Å²) >= 11 is 0. The molecule has 0 bridgehead atoms. The van der Waals surface area contributed by atoms with Crippen LogP contribution in [-0.2, 0) is 0 Å². The molecule has 0 aliphatic carbocycles. The third-order valence-corrected chi connectivity index (χ3v) is 1.30. The molecule has 11 heavy (non-hydrogen) atoms. The van der Waals surface area contributed by atoms with Crippen molar-refractivity contribution in [3.8, 4) is 0 Å². The van der Waals surface area contributed by atoms with Crippen molar-refractivity contribution < 1.29 is 4.79 Å². The summed E-state index contributed by atoms with van der Waals surface area (Å²) in [6.07, 6.45) is 0. The van der Waals surface area contributed by atoms with Crippen molar-refractivity contribution in [3.05, 3.63) is 0 Å². The van der Waals surface area contributed by atoms with Gasteiger partial charge in [0, 0.05) is 5.71 Å². The third-order valence-electron chi connectivity index (χ3n) is 1.30. The molecule has 4 N–H and O–H groups in total. The minimum absolute atomic E-state index is 0.327. The fourth-order valence-corrected chi connectivity index (χ4v) is 0.300. The van der Waals surface area contributed by atoms with E-state index in [2.05, 4.69) is 10.5 Å². The van der Waals surface area contributed by atoms with Crippen LogP contribution < -0.4 is 16.7 Å². The summed E-state index contributed by atoms with van der Waals surface area (Å²) in [5.41, 5.74) is 4.98. The topological polar surface area (TPSA) is 79.5 Å². The Bertz CT molecular complexity index is 164. The van der Waals surface area contributed by atoms with Crippen molar-refractivity contribution in [1.29, 1.82) is 0 Å². The predicted octanol–water partition coefficient (Wildman–Crippen LogP) is 0.191. The second-order valence-electron chi connectivity index (χ2n) is 2.49. The molecule has 0 heterocycles. The Kier molecular flexibility index (Phi) is 4.21. The number of hydrogen-bond acceptors (Lipinski definition) is 3. The molecule has 0 fully saturated rings. The number of carbonyl (C=O) groups excluding carboxylic acids is 1. The van der Waals surface area contributed by atoms with E-state index in [1.165, 1.54) is 0 Å². The van der Waals surface area contributed by atoms with Gasteiger partial charge in [0.25, 0.3) is 0 Å². The molecule has 0 aromatic rings. The van der Waals surface area contributed by atoms with Crippen LogP contribution in [0.3, 0.4) is 0 Å². The van der Waals surface area contributed by atoms with E-state index in [1.54, 1.807) is 0 Å². The molecule has 5 heteroatoms. The Morgan fingerprint density at radius 1 is 1.55 bits per heavy atom. The number of hydrazine groups is 1. The van der Waals surface area contributed by atoms with Crippen LogP contribution in [0.2, 0.25) is 0 Å². The van der Waals surface area contributed by atoms with Gasteiger partial charge in [-0.1, -0.05) is 13.8 Å². The van der Waals surface area contributed by atoms with E-state index in [1.807, 2.05) is 26.2 Å². The smallest absolute Gasteiger partial charge is 0.274 e. The van der Waals surface area contributed by atoms with Crippen molar-refractivity contribution in [2.45, 2.75) is 20.8 Å².